The van der Waals surface area contributed by atoms with Gasteiger partial charge in [-0.15, -0.1) is 0 Å². The van der Waals surface area contributed by atoms with E-state index in [1.807, 2.05) is 25.1 Å². The number of carboxylic acids is 1. The summed E-state index contributed by atoms with van der Waals surface area (Å²) in [5, 5.41) is 9.29. The van der Waals surface area contributed by atoms with Crippen LogP contribution in [0.1, 0.15) is 12.5 Å². The van der Waals surface area contributed by atoms with Crippen LogP contribution in [0.3, 0.4) is 0 Å². The van der Waals surface area contributed by atoms with E-state index in [9.17, 15) is 9.90 Å². The number of aliphatic carboxylic acids is 1. The summed E-state index contributed by atoms with van der Waals surface area (Å²) in [4.78, 5) is 13.5. The van der Waals surface area contributed by atoms with E-state index < -0.39 is 11.9 Å². The number of hydrogen-bond donors (Lipinski definition) is 1. The molecule has 2 unspecified atom stereocenters. The summed E-state index contributed by atoms with van der Waals surface area (Å²) in [6.45, 7) is 4.21. The Hall–Kier alpha value is -1.11. The molecule has 0 radical (unpaired) electrons. The summed E-state index contributed by atoms with van der Waals surface area (Å²) in [5.74, 6) is -0.461. The minimum absolute atomic E-state index is 0.0920. The van der Waals surface area contributed by atoms with Gasteiger partial charge in [-0.05, 0) is 30.3 Å². The van der Waals surface area contributed by atoms with Crippen molar-refractivity contribution < 1.29 is 19.4 Å². The molecule has 1 aliphatic rings. The third-order valence-electron chi connectivity index (χ3n) is 3.87. The van der Waals surface area contributed by atoms with Crippen LogP contribution in [0.2, 0.25) is 0 Å². The highest BCUT2D eigenvalue weighted by molar-refractivity contribution is 9.10. The molecule has 0 saturated carbocycles. The number of nitrogens with zero attached hydrogens (tertiary/aromatic N) is 1. The molecule has 0 amide bonds. The topological polar surface area (TPSA) is 59.0 Å². The molecule has 0 bridgehead atoms. The zero-order valence-corrected chi connectivity index (χ0v) is 13.8. The molecule has 0 spiro atoms. The molecule has 6 heteroatoms. The number of hydrogen-bond acceptors (Lipinski definition) is 4. The Balaban J connectivity index is 2.17. The molecule has 2 atom stereocenters. The monoisotopic (exact) mass is 357 g/mol. The third kappa shape index (κ3) is 3.75. The van der Waals surface area contributed by atoms with Crippen molar-refractivity contribution in [2.24, 2.45) is 5.92 Å². The standard InChI is InChI=1S/C15H20BrNO4/c1-3-17(14-9-21-8-12(14)15(18)19)7-10-6-11(20-2)4-5-13(10)16/h4-6,12,14H,3,7-9H2,1-2H3,(H,18,19). The first-order valence-electron chi connectivity index (χ1n) is 6.93. The predicted octanol–water partition coefficient (Wildman–Crippen LogP) is 2.38. The Labute approximate surface area is 133 Å². The maximum atomic E-state index is 11.3. The lowest BCUT2D eigenvalue weighted by Crippen LogP contribution is -2.42. The van der Waals surface area contributed by atoms with Crippen molar-refractivity contribution in [3.05, 3.63) is 28.2 Å². The number of rotatable bonds is 6. The summed E-state index contributed by atoms with van der Waals surface area (Å²) in [6, 6.07) is 5.72. The number of carboxylic acid groups (broad SMARTS) is 1. The Morgan fingerprint density at radius 3 is 2.90 bits per heavy atom. The van der Waals surface area contributed by atoms with E-state index in [0.29, 0.717) is 13.2 Å². The van der Waals surface area contributed by atoms with E-state index in [4.69, 9.17) is 9.47 Å². The van der Waals surface area contributed by atoms with Crippen LogP contribution in [0.5, 0.6) is 5.75 Å². The maximum Gasteiger partial charge on any atom is 0.310 e. The van der Waals surface area contributed by atoms with Crippen molar-refractivity contribution in [1.82, 2.24) is 4.90 Å². The van der Waals surface area contributed by atoms with Crippen LogP contribution in [0.15, 0.2) is 22.7 Å². The molecule has 1 fully saturated rings. The fourth-order valence-electron chi connectivity index (χ4n) is 2.62. The lowest BCUT2D eigenvalue weighted by atomic mass is 10.0. The van der Waals surface area contributed by atoms with Gasteiger partial charge in [0.2, 0.25) is 0 Å². The van der Waals surface area contributed by atoms with Gasteiger partial charge in [0.1, 0.15) is 5.75 Å². The molecule has 1 aromatic carbocycles. The Morgan fingerprint density at radius 2 is 2.29 bits per heavy atom. The summed E-state index contributed by atoms with van der Waals surface area (Å²) in [6.07, 6.45) is 0. The van der Waals surface area contributed by atoms with E-state index >= 15 is 0 Å². The Kier molecular flexibility index (Phi) is 5.61. The molecule has 21 heavy (non-hydrogen) atoms. The minimum atomic E-state index is -0.791. The molecule has 5 nitrogen and oxygen atoms in total. The normalized spacial score (nSPS) is 21.7. The van der Waals surface area contributed by atoms with Crippen molar-refractivity contribution in [2.45, 2.75) is 19.5 Å². The zero-order chi connectivity index (χ0) is 15.4. The summed E-state index contributed by atoms with van der Waals surface area (Å²) in [7, 11) is 1.63. The van der Waals surface area contributed by atoms with Gasteiger partial charge in [0, 0.05) is 17.1 Å². The smallest absolute Gasteiger partial charge is 0.310 e. The molecule has 2 rings (SSSR count). The van der Waals surface area contributed by atoms with Gasteiger partial charge in [0.25, 0.3) is 0 Å². The van der Waals surface area contributed by atoms with Gasteiger partial charge >= 0.3 is 5.97 Å². The fourth-order valence-corrected chi connectivity index (χ4v) is 2.99. The lowest BCUT2D eigenvalue weighted by Gasteiger charge is -2.29. The molecular weight excluding hydrogens is 338 g/mol. The van der Waals surface area contributed by atoms with Crippen molar-refractivity contribution in [1.29, 1.82) is 0 Å². The van der Waals surface area contributed by atoms with Gasteiger partial charge in [0.15, 0.2) is 0 Å². The minimum Gasteiger partial charge on any atom is -0.497 e. The molecule has 1 aliphatic heterocycles. The average molecular weight is 358 g/mol. The van der Waals surface area contributed by atoms with E-state index in [2.05, 4.69) is 20.8 Å². The van der Waals surface area contributed by atoms with Gasteiger partial charge in [-0.2, -0.15) is 0 Å². The van der Waals surface area contributed by atoms with Crippen LogP contribution in [0, 0.1) is 5.92 Å². The van der Waals surface area contributed by atoms with Crippen LogP contribution in [-0.2, 0) is 16.1 Å². The summed E-state index contributed by atoms with van der Waals surface area (Å²) < 4.78 is 11.6. The van der Waals surface area contributed by atoms with Crippen LogP contribution in [0.4, 0.5) is 0 Å². The van der Waals surface area contributed by atoms with E-state index in [-0.39, 0.29) is 12.6 Å². The quantitative estimate of drug-likeness (QED) is 0.846. The number of carbonyl (C=O) groups is 1. The molecule has 116 valence electrons. The zero-order valence-electron chi connectivity index (χ0n) is 12.2. The second kappa shape index (κ2) is 7.24. The van der Waals surface area contributed by atoms with E-state index in [1.165, 1.54) is 0 Å². The maximum absolute atomic E-state index is 11.3. The van der Waals surface area contributed by atoms with Crippen LogP contribution in [0.25, 0.3) is 0 Å². The second-order valence-corrected chi connectivity index (χ2v) is 5.92. The Morgan fingerprint density at radius 1 is 1.52 bits per heavy atom. The van der Waals surface area contributed by atoms with E-state index in [0.717, 1.165) is 22.3 Å². The lowest BCUT2D eigenvalue weighted by molar-refractivity contribution is -0.143. The van der Waals surface area contributed by atoms with E-state index in [1.54, 1.807) is 7.11 Å². The Bertz CT molecular complexity index is 508. The highest BCUT2D eigenvalue weighted by atomic mass is 79.9. The van der Waals surface area contributed by atoms with Gasteiger partial charge in [-0.1, -0.05) is 22.9 Å². The first-order chi connectivity index (χ1) is 10.1. The molecule has 1 saturated heterocycles. The number of likely N-dealkylation sites (N-methyl/N-ethyl adjacent to an activating group) is 1. The van der Waals surface area contributed by atoms with Crippen LogP contribution in [-0.4, -0.2) is 48.9 Å². The fraction of sp³-hybridized carbons (Fsp3) is 0.533. The summed E-state index contributed by atoms with van der Waals surface area (Å²) >= 11 is 3.54. The number of ether oxygens (including phenoxy) is 2. The third-order valence-corrected chi connectivity index (χ3v) is 4.64. The molecular formula is C15H20BrNO4. The van der Waals surface area contributed by atoms with Gasteiger partial charge < -0.3 is 14.6 Å². The molecule has 0 aromatic heterocycles. The number of benzene rings is 1. The average Bonchev–Trinajstić information content (AvgIpc) is 2.96. The second-order valence-electron chi connectivity index (χ2n) is 5.07. The van der Waals surface area contributed by atoms with Crippen molar-refractivity contribution in [2.75, 3.05) is 26.9 Å². The first kappa shape index (κ1) is 16.3. The predicted molar refractivity (Wildman–Crippen MR) is 82.5 cm³/mol. The highest BCUT2D eigenvalue weighted by Gasteiger charge is 2.37. The molecule has 0 aliphatic carbocycles. The van der Waals surface area contributed by atoms with Gasteiger partial charge in [-0.3, -0.25) is 9.69 Å². The van der Waals surface area contributed by atoms with Crippen molar-refractivity contribution >= 4 is 21.9 Å². The SMILES string of the molecule is CCN(Cc1cc(OC)ccc1Br)C1COCC1C(=O)O. The van der Waals surface area contributed by atoms with Gasteiger partial charge in [0.05, 0.1) is 26.2 Å². The highest BCUT2D eigenvalue weighted by Crippen LogP contribution is 2.27. The van der Waals surface area contributed by atoms with Crippen molar-refractivity contribution in [3.8, 4) is 5.75 Å². The molecule has 1 heterocycles. The first-order valence-corrected chi connectivity index (χ1v) is 7.73. The molecule has 1 N–H and O–H groups in total. The van der Waals surface area contributed by atoms with Crippen LogP contribution >= 0.6 is 15.9 Å². The number of halogens is 1. The van der Waals surface area contributed by atoms with Crippen molar-refractivity contribution in [3.63, 3.8) is 0 Å². The van der Waals surface area contributed by atoms with Crippen LogP contribution < -0.4 is 4.74 Å². The largest absolute Gasteiger partial charge is 0.497 e. The number of methoxy groups -OCH3 is 1. The summed E-state index contributed by atoms with van der Waals surface area (Å²) in [5.41, 5.74) is 1.08. The van der Waals surface area contributed by atoms with Gasteiger partial charge in [-0.25, -0.2) is 0 Å². The molecule has 1 aromatic rings.